The summed E-state index contributed by atoms with van der Waals surface area (Å²) in [5.74, 6) is 0.830. The van der Waals surface area contributed by atoms with Crippen molar-refractivity contribution in [2.75, 3.05) is 0 Å². The van der Waals surface area contributed by atoms with Crippen molar-refractivity contribution >= 4 is 0 Å². The van der Waals surface area contributed by atoms with E-state index in [4.69, 9.17) is 4.52 Å². The SMILES string of the molecule is Cc1cc(Cn2cccn2)on1. The van der Waals surface area contributed by atoms with Crippen LogP contribution in [0.15, 0.2) is 29.0 Å². The van der Waals surface area contributed by atoms with Crippen molar-refractivity contribution in [1.82, 2.24) is 14.9 Å². The number of hydrogen-bond donors (Lipinski definition) is 0. The maximum atomic E-state index is 5.03. The number of nitrogens with zero attached hydrogens (tertiary/aromatic N) is 3. The summed E-state index contributed by atoms with van der Waals surface area (Å²) >= 11 is 0. The van der Waals surface area contributed by atoms with Gasteiger partial charge in [0.25, 0.3) is 0 Å². The highest BCUT2D eigenvalue weighted by molar-refractivity contribution is 5.03. The Morgan fingerprint density at radius 2 is 2.50 bits per heavy atom. The molecule has 2 aromatic heterocycles. The minimum absolute atomic E-state index is 0.647. The Hall–Kier alpha value is -1.58. The molecule has 0 saturated heterocycles. The minimum atomic E-state index is 0.647. The lowest BCUT2D eigenvalue weighted by molar-refractivity contribution is 0.368. The van der Waals surface area contributed by atoms with Crippen molar-refractivity contribution in [1.29, 1.82) is 0 Å². The molecule has 0 aliphatic heterocycles. The quantitative estimate of drug-likeness (QED) is 0.668. The summed E-state index contributed by atoms with van der Waals surface area (Å²) in [5.41, 5.74) is 0.900. The van der Waals surface area contributed by atoms with Crippen LogP contribution >= 0.6 is 0 Å². The fourth-order valence-corrected chi connectivity index (χ4v) is 1.04. The van der Waals surface area contributed by atoms with E-state index in [2.05, 4.69) is 10.3 Å². The van der Waals surface area contributed by atoms with Crippen LogP contribution < -0.4 is 0 Å². The molecule has 2 rings (SSSR count). The largest absolute Gasteiger partial charge is 0.359 e. The van der Waals surface area contributed by atoms with Crippen molar-refractivity contribution in [3.63, 3.8) is 0 Å². The monoisotopic (exact) mass is 163 g/mol. The van der Waals surface area contributed by atoms with E-state index in [1.165, 1.54) is 0 Å². The van der Waals surface area contributed by atoms with Gasteiger partial charge in [-0.15, -0.1) is 0 Å². The first kappa shape index (κ1) is 7.09. The molecule has 0 bridgehead atoms. The fraction of sp³-hybridized carbons (Fsp3) is 0.250. The Bertz CT molecular complexity index is 350. The molecule has 0 spiro atoms. The molecule has 0 aliphatic carbocycles. The van der Waals surface area contributed by atoms with Gasteiger partial charge in [-0.2, -0.15) is 5.10 Å². The highest BCUT2D eigenvalue weighted by Gasteiger charge is 2.00. The molecule has 0 unspecified atom stereocenters. The molecule has 0 radical (unpaired) electrons. The number of hydrogen-bond acceptors (Lipinski definition) is 3. The normalized spacial score (nSPS) is 10.4. The third-order valence-electron chi connectivity index (χ3n) is 1.55. The van der Waals surface area contributed by atoms with Crippen LogP contribution in [0.5, 0.6) is 0 Å². The van der Waals surface area contributed by atoms with E-state index in [0.717, 1.165) is 11.5 Å². The molecule has 0 fully saturated rings. The van der Waals surface area contributed by atoms with Crippen LogP contribution in [0, 0.1) is 6.92 Å². The van der Waals surface area contributed by atoms with E-state index in [1.54, 1.807) is 10.9 Å². The summed E-state index contributed by atoms with van der Waals surface area (Å²) in [6, 6.07) is 3.78. The van der Waals surface area contributed by atoms with Gasteiger partial charge in [0.1, 0.15) is 6.54 Å². The number of rotatable bonds is 2. The van der Waals surface area contributed by atoms with Gasteiger partial charge in [-0.25, -0.2) is 0 Å². The first-order chi connectivity index (χ1) is 5.84. The molecule has 0 atom stereocenters. The molecule has 0 aromatic carbocycles. The zero-order valence-electron chi connectivity index (χ0n) is 6.77. The fourth-order valence-electron chi connectivity index (χ4n) is 1.04. The summed E-state index contributed by atoms with van der Waals surface area (Å²) < 4.78 is 6.82. The Morgan fingerprint density at radius 1 is 1.58 bits per heavy atom. The molecule has 62 valence electrons. The average molecular weight is 163 g/mol. The second-order valence-electron chi connectivity index (χ2n) is 2.64. The van der Waals surface area contributed by atoms with E-state index >= 15 is 0 Å². The van der Waals surface area contributed by atoms with Crippen LogP contribution in [-0.2, 0) is 6.54 Å². The smallest absolute Gasteiger partial charge is 0.158 e. The molecular weight excluding hydrogens is 154 g/mol. The van der Waals surface area contributed by atoms with Gasteiger partial charge < -0.3 is 4.52 Å². The van der Waals surface area contributed by atoms with Crippen LogP contribution in [0.1, 0.15) is 11.5 Å². The molecule has 0 amide bonds. The van der Waals surface area contributed by atoms with Gasteiger partial charge >= 0.3 is 0 Å². The lowest BCUT2D eigenvalue weighted by Gasteiger charge is -1.93. The van der Waals surface area contributed by atoms with Gasteiger partial charge in [-0.1, -0.05) is 5.16 Å². The Morgan fingerprint density at radius 3 is 3.08 bits per heavy atom. The van der Waals surface area contributed by atoms with E-state index in [0.29, 0.717) is 6.54 Å². The van der Waals surface area contributed by atoms with Crippen molar-refractivity contribution in [2.45, 2.75) is 13.5 Å². The Labute approximate surface area is 69.8 Å². The third-order valence-corrected chi connectivity index (χ3v) is 1.55. The minimum Gasteiger partial charge on any atom is -0.359 e. The van der Waals surface area contributed by atoms with E-state index in [9.17, 15) is 0 Å². The first-order valence-electron chi connectivity index (χ1n) is 3.74. The molecule has 0 saturated carbocycles. The van der Waals surface area contributed by atoms with Crippen LogP contribution in [0.25, 0.3) is 0 Å². The number of aromatic nitrogens is 3. The lowest BCUT2D eigenvalue weighted by Crippen LogP contribution is -1.97. The molecule has 0 aliphatic rings. The van der Waals surface area contributed by atoms with Gasteiger partial charge in [-0.3, -0.25) is 4.68 Å². The van der Waals surface area contributed by atoms with E-state index in [-0.39, 0.29) is 0 Å². The standard InChI is InChI=1S/C8H9N3O/c1-7-5-8(12-10-7)6-11-4-2-3-9-11/h2-5H,6H2,1H3. The molecule has 4 heteroatoms. The second kappa shape index (κ2) is 2.81. The Balaban J connectivity index is 2.14. The maximum Gasteiger partial charge on any atom is 0.158 e. The van der Waals surface area contributed by atoms with Gasteiger partial charge in [0.05, 0.1) is 5.69 Å². The molecule has 2 heterocycles. The topological polar surface area (TPSA) is 43.9 Å². The zero-order valence-corrected chi connectivity index (χ0v) is 6.77. The molecular formula is C8H9N3O. The van der Waals surface area contributed by atoms with Crippen molar-refractivity contribution in [2.24, 2.45) is 0 Å². The summed E-state index contributed by atoms with van der Waals surface area (Å²) in [7, 11) is 0. The maximum absolute atomic E-state index is 5.03. The molecule has 0 N–H and O–H groups in total. The predicted molar refractivity (Wildman–Crippen MR) is 42.6 cm³/mol. The molecule has 4 nitrogen and oxygen atoms in total. The Kier molecular flexibility index (Phi) is 1.66. The highest BCUT2D eigenvalue weighted by Crippen LogP contribution is 2.03. The van der Waals surface area contributed by atoms with Crippen LogP contribution in [0.4, 0.5) is 0 Å². The summed E-state index contributed by atoms with van der Waals surface area (Å²) in [6.07, 6.45) is 3.63. The van der Waals surface area contributed by atoms with Gasteiger partial charge in [0, 0.05) is 18.5 Å². The summed E-state index contributed by atoms with van der Waals surface area (Å²) in [6.45, 7) is 2.55. The third kappa shape index (κ3) is 1.37. The predicted octanol–water partition coefficient (Wildman–Crippen LogP) is 1.23. The summed E-state index contributed by atoms with van der Waals surface area (Å²) in [4.78, 5) is 0. The van der Waals surface area contributed by atoms with Crippen LogP contribution in [-0.4, -0.2) is 14.9 Å². The lowest BCUT2D eigenvalue weighted by atomic mass is 10.4. The first-order valence-corrected chi connectivity index (χ1v) is 3.74. The van der Waals surface area contributed by atoms with Crippen molar-refractivity contribution in [3.8, 4) is 0 Å². The molecule has 12 heavy (non-hydrogen) atoms. The van der Waals surface area contributed by atoms with Gasteiger partial charge in [-0.05, 0) is 13.0 Å². The van der Waals surface area contributed by atoms with Gasteiger partial charge in [0.2, 0.25) is 0 Å². The van der Waals surface area contributed by atoms with Crippen LogP contribution in [0.2, 0.25) is 0 Å². The van der Waals surface area contributed by atoms with Crippen LogP contribution in [0.3, 0.4) is 0 Å². The zero-order chi connectivity index (χ0) is 8.39. The van der Waals surface area contributed by atoms with Crippen molar-refractivity contribution in [3.05, 3.63) is 36.0 Å². The van der Waals surface area contributed by atoms with E-state index < -0.39 is 0 Å². The highest BCUT2D eigenvalue weighted by atomic mass is 16.5. The number of aryl methyl sites for hydroxylation is 1. The average Bonchev–Trinajstić information content (AvgIpc) is 2.63. The van der Waals surface area contributed by atoms with E-state index in [1.807, 2.05) is 25.3 Å². The second-order valence-corrected chi connectivity index (χ2v) is 2.64. The molecule has 2 aromatic rings. The summed E-state index contributed by atoms with van der Waals surface area (Å²) in [5, 5.41) is 7.83. The van der Waals surface area contributed by atoms with Crippen molar-refractivity contribution < 1.29 is 4.52 Å². The van der Waals surface area contributed by atoms with Gasteiger partial charge in [0.15, 0.2) is 5.76 Å².